The van der Waals surface area contributed by atoms with Crippen molar-refractivity contribution < 1.29 is 29.6 Å². The van der Waals surface area contributed by atoms with Gasteiger partial charge in [-0.2, -0.15) is 0 Å². The Morgan fingerprint density at radius 3 is 2.54 bits per heavy atom. The van der Waals surface area contributed by atoms with E-state index in [0.717, 1.165) is 23.3 Å². The van der Waals surface area contributed by atoms with Crippen LogP contribution in [0.25, 0.3) is 0 Å². The van der Waals surface area contributed by atoms with Crippen LogP contribution in [0.5, 0.6) is 11.5 Å². The van der Waals surface area contributed by atoms with Gasteiger partial charge in [0.15, 0.2) is 0 Å². The van der Waals surface area contributed by atoms with E-state index in [9.17, 15) is 20.1 Å². The van der Waals surface area contributed by atoms with Gasteiger partial charge in [-0.25, -0.2) is 0 Å². The van der Waals surface area contributed by atoms with Crippen LogP contribution in [0, 0.1) is 0 Å². The summed E-state index contributed by atoms with van der Waals surface area (Å²) < 4.78 is 11.3. The molecule has 0 saturated carbocycles. The average molecular weight is 481 g/mol. The maximum atomic E-state index is 11.2. The lowest BCUT2D eigenvalue weighted by atomic mass is 10.1. The predicted molar refractivity (Wildman–Crippen MR) is 132 cm³/mol. The number of carbonyl (C=O) groups is 1. The van der Waals surface area contributed by atoms with Crippen molar-refractivity contribution in [2.75, 3.05) is 26.3 Å². The fourth-order valence-electron chi connectivity index (χ4n) is 3.50. The van der Waals surface area contributed by atoms with Gasteiger partial charge in [0.05, 0.1) is 25.9 Å². The fourth-order valence-corrected chi connectivity index (χ4v) is 3.50. The lowest BCUT2D eigenvalue weighted by molar-refractivity contribution is 0.0887. The molecule has 186 valence electrons. The summed E-state index contributed by atoms with van der Waals surface area (Å²) in [6.45, 7) is 1.97. The summed E-state index contributed by atoms with van der Waals surface area (Å²) in [6.07, 6.45) is 0.0591. The molecule has 1 atom stereocenters. The van der Waals surface area contributed by atoms with Gasteiger partial charge in [0.25, 0.3) is 0 Å². The number of ether oxygens (including phenoxy) is 2. The number of rotatable bonds is 14. The van der Waals surface area contributed by atoms with Crippen LogP contribution >= 0.6 is 0 Å². The Labute approximate surface area is 204 Å². The van der Waals surface area contributed by atoms with E-state index in [1.54, 1.807) is 30.3 Å². The molecule has 0 fully saturated rings. The topological polar surface area (TPSA) is 134 Å². The minimum Gasteiger partial charge on any atom is -0.508 e. The lowest BCUT2D eigenvalue weighted by Crippen LogP contribution is -2.23. The van der Waals surface area contributed by atoms with Gasteiger partial charge in [-0.3, -0.25) is 4.79 Å². The van der Waals surface area contributed by atoms with E-state index in [1.165, 1.54) is 6.07 Å². The molecule has 0 saturated heterocycles. The van der Waals surface area contributed by atoms with Crippen molar-refractivity contribution in [2.24, 2.45) is 5.73 Å². The number of aromatic hydroxyl groups is 1. The minimum atomic E-state index is -0.731. The van der Waals surface area contributed by atoms with E-state index in [2.05, 4.69) is 5.32 Å². The van der Waals surface area contributed by atoms with Gasteiger partial charge in [0, 0.05) is 17.7 Å². The number of benzene rings is 3. The SMILES string of the molecule is NC(=O)c1cccc(COCCOc2ccc(CCNC[C@@H](O)c3ccc(O)c(CO)c3)cc2)c1. The molecule has 1 amide bonds. The van der Waals surface area contributed by atoms with Gasteiger partial charge in [-0.15, -0.1) is 0 Å². The Bertz CT molecular complexity index is 1090. The highest BCUT2D eigenvalue weighted by Gasteiger charge is 2.10. The molecule has 0 aromatic heterocycles. The second kappa shape index (κ2) is 13.5. The largest absolute Gasteiger partial charge is 0.508 e. The summed E-state index contributed by atoms with van der Waals surface area (Å²) in [4.78, 5) is 11.2. The smallest absolute Gasteiger partial charge is 0.248 e. The Kier molecular flexibility index (Phi) is 10.1. The molecule has 3 rings (SSSR count). The summed E-state index contributed by atoms with van der Waals surface area (Å²) in [7, 11) is 0. The van der Waals surface area contributed by atoms with Crippen molar-refractivity contribution in [1.82, 2.24) is 5.32 Å². The van der Waals surface area contributed by atoms with Crippen molar-refractivity contribution in [3.63, 3.8) is 0 Å². The molecule has 0 aliphatic carbocycles. The van der Waals surface area contributed by atoms with Gasteiger partial charge in [0.2, 0.25) is 5.91 Å². The molecule has 8 nitrogen and oxygen atoms in total. The van der Waals surface area contributed by atoms with Crippen LogP contribution in [0.4, 0.5) is 0 Å². The molecule has 8 heteroatoms. The summed E-state index contributed by atoms with van der Waals surface area (Å²) in [6, 6.07) is 19.6. The van der Waals surface area contributed by atoms with Crippen molar-refractivity contribution in [1.29, 1.82) is 0 Å². The standard InChI is InChI=1S/C27H32N2O6/c28-27(33)22-3-1-2-20(14-22)18-34-12-13-35-24-7-4-19(5-8-24)10-11-29-16-26(32)21-6-9-25(31)23(15-21)17-30/h1-9,14-15,26,29-32H,10-13,16-18H2,(H2,28,33)/t26-/m1/s1. The number of hydrogen-bond donors (Lipinski definition) is 5. The van der Waals surface area contributed by atoms with E-state index in [0.29, 0.717) is 49.6 Å². The lowest BCUT2D eigenvalue weighted by Gasteiger charge is -2.14. The maximum absolute atomic E-state index is 11.2. The zero-order valence-corrected chi connectivity index (χ0v) is 19.5. The third-order valence-corrected chi connectivity index (χ3v) is 5.49. The highest BCUT2D eigenvalue weighted by molar-refractivity contribution is 5.92. The average Bonchev–Trinajstić information content (AvgIpc) is 2.87. The number of aliphatic hydroxyl groups is 2. The molecule has 3 aromatic rings. The first-order chi connectivity index (χ1) is 17.0. The zero-order valence-electron chi connectivity index (χ0n) is 19.5. The molecular weight excluding hydrogens is 448 g/mol. The normalized spacial score (nSPS) is 11.8. The molecule has 0 radical (unpaired) electrons. The fraction of sp³-hybridized carbons (Fsp3) is 0.296. The van der Waals surface area contributed by atoms with Crippen molar-refractivity contribution in [3.8, 4) is 11.5 Å². The van der Waals surface area contributed by atoms with Gasteiger partial charge in [-0.1, -0.05) is 30.3 Å². The van der Waals surface area contributed by atoms with Crippen molar-refractivity contribution >= 4 is 5.91 Å². The molecule has 35 heavy (non-hydrogen) atoms. The van der Waals surface area contributed by atoms with E-state index in [-0.39, 0.29) is 12.4 Å². The highest BCUT2D eigenvalue weighted by Crippen LogP contribution is 2.22. The van der Waals surface area contributed by atoms with E-state index in [1.807, 2.05) is 30.3 Å². The first-order valence-corrected chi connectivity index (χ1v) is 11.5. The number of aliphatic hydroxyl groups excluding tert-OH is 2. The third-order valence-electron chi connectivity index (χ3n) is 5.49. The first kappa shape index (κ1) is 26.2. The number of phenols is 1. The Morgan fingerprint density at radius 1 is 1.00 bits per heavy atom. The molecule has 0 spiro atoms. The Morgan fingerprint density at radius 2 is 1.80 bits per heavy atom. The molecule has 0 unspecified atom stereocenters. The number of amides is 1. The number of nitrogens with one attached hydrogen (secondary N) is 1. The quantitative estimate of drug-likeness (QED) is 0.224. The van der Waals surface area contributed by atoms with Gasteiger partial charge in [-0.05, 0) is 66.1 Å². The van der Waals surface area contributed by atoms with Gasteiger partial charge in [0.1, 0.15) is 18.1 Å². The van der Waals surface area contributed by atoms with Crippen molar-refractivity contribution in [2.45, 2.75) is 25.7 Å². The second-order valence-corrected chi connectivity index (χ2v) is 8.13. The van der Waals surface area contributed by atoms with Crippen molar-refractivity contribution in [3.05, 3.63) is 94.5 Å². The number of primary amides is 1. The van der Waals surface area contributed by atoms with Crippen LogP contribution in [0.1, 0.15) is 38.7 Å². The van der Waals surface area contributed by atoms with Crippen LogP contribution < -0.4 is 15.8 Å². The van der Waals surface area contributed by atoms with Crippen LogP contribution in [-0.2, 0) is 24.4 Å². The highest BCUT2D eigenvalue weighted by atomic mass is 16.5. The maximum Gasteiger partial charge on any atom is 0.248 e. The minimum absolute atomic E-state index is 0.0173. The molecule has 0 bridgehead atoms. The van der Waals surface area contributed by atoms with E-state index in [4.69, 9.17) is 15.2 Å². The van der Waals surface area contributed by atoms with Crippen LogP contribution in [0.2, 0.25) is 0 Å². The first-order valence-electron chi connectivity index (χ1n) is 11.5. The summed E-state index contributed by atoms with van der Waals surface area (Å²) in [5, 5.41) is 32.4. The van der Waals surface area contributed by atoms with Gasteiger partial charge < -0.3 is 35.8 Å². The molecule has 0 aliphatic heterocycles. The summed E-state index contributed by atoms with van der Waals surface area (Å²) in [5.41, 5.74) is 8.80. The predicted octanol–water partition coefficient (Wildman–Crippen LogP) is 2.44. The molecular formula is C27H32N2O6. The number of hydrogen-bond acceptors (Lipinski definition) is 7. The Balaban J connectivity index is 1.31. The van der Waals surface area contributed by atoms with Crippen LogP contribution in [0.3, 0.4) is 0 Å². The zero-order chi connectivity index (χ0) is 25.0. The summed E-state index contributed by atoms with van der Waals surface area (Å²) in [5.74, 6) is 0.311. The summed E-state index contributed by atoms with van der Waals surface area (Å²) >= 11 is 0. The molecule has 3 aromatic carbocycles. The Hall–Kier alpha value is -3.43. The third kappa shape index (κ3) is 8.38. The number of nitrogens with two attached hydrogens (primary N) is 1. The monoisotopic (exact) mass is 480 g/mol. The molecule has 0 aliphatic rings. The van der Waals surface area contributed by atoms with E-state index >= 15 is 0 Å². The van der Waals surface area contributed by atoms with Gasteiger partial charge >= 0.3 is 0 Å². The number of carbonyl (C=O) groups excluding carboxylic acids is 1. The van der Waals surface area contributed by atoms with Crippen LogP contribution in [0.15, 0.2) is 66.7 Å². The molecule has 6 N–H and O–H groups in total. The molecule has 0 heterocycles. The second-order valence-electron chi connectivity index (χ2n) is 8.13. The van der Waals surface area contributed by atoms with Crippen LogP contribution in [-0.4, -0.2) is 47.5 Å². The van der Waals surface area contributed by atoms with E-state index < -0.39 is 12.0 Å².